The van der Waals surface area contributed by atoms with Crippen molar-refractivity contribution in [2.75, 3.05) is 13.2 Å². The number of carbonyl (C=O) groups is 4. The molecule has 34 heavy (non-hydrogen) atoms. The number of ether oxygens (including phenoxy) is 1. The van der Waals surface area contributed by atoms with E-state index in [4.69, 9.17) is 4.74 Å². The fourth-order valence-electron chi connectivity index (χ4n) is 5.37. The van der Waals surface area contributed by atoms with Crippen LogP contribution in [0.25, 0.3) is 10.9 Å². The molecule has 2 heterocycles. The third-order valence-corrected chi connectivity index (χ3v) is 7.93. The normalized spacial score (nSPS) is 22.9. The molecule has 8 nitrogen and oxygen atoms in total. The molecule has 1 aromatic carbocycles. The Morgan fingerprint density at radius 3 is 2.53 bits per heavy atom. The number of H-pyrrole nitrogens is 1. The lowest BCUT2D eigenvalue weighted by Gasteiger charge is -2.42. The third-order valence-electron chi connectivity index (χ3n) is 7.93. The van der Waals surface area contributed by atoms with Crippen LogP contribution in [0, 0.1) is 18.3 Å². The van der Waals surface area contributed by atoms with E-state index in [2.05, 4.69) is 31.1 Å². The van der Waals surface area contributed by atoms with Crippen LogP contribution >= 0.6 is 0 Å². The van der Waals surface area contributed by atoms with E-state index < -0.39 is 30.7 Å². The van der Waals surface area contributed by atoms with Crippen LogP contribution in [0.15, 0.2) is 24.3 Å². The number of nitrogens with zero attached hydrogens (tertiary/aromatic N) is 1. The highest BCUT2D eigenvalue weighted by Gasteiger charge is 2.53. The summed E-state index contributed by atoms with van der Waals surface area (Å²) in [5.41, 5.74) is 1.25. The largest absolute Gasteiger partial charge is 0.456 e. The molecule has 1 aromatic heterocycles. The van der Waals surface area contributed by atoms with Crippen molar-refractivity contribution in [1.29, 1.82) is 0 Å². The van der Waals surface area contributed by atoms with Crippen molar-refractivity contribution in [3.63, 3.8) is 0 Å². The SMILES string of the molecule is CCC(C)(C)C1CCC2(CC1)NC(=O)N(CC(=O)OCC(=O)c1c(C)[nH]c3ccccc13)C2=O. The lowest BCUT2D eigenvalue weighted by atomic mass is 9.65. The zero-order valence-electron chi connectivity index (χ0n) is 20.3. The first-order valence-electron chi connectivity index (χ1n) is 12.0. The molecule has 1 saturated carbocycles. The van der Waals surface area contributed by atoms with Gasteiger partial charge in [0.25, 0.3) is 5.91 Å². The summed E-state index contributed by atoms with van der Waals surface area (Å²) in [6, 6.07) is 6.83. The van der Waals surface area contributed by atoms with Gasteiger partial charge in [-0.05, 0) is 50.0 Å². The third kappa shape index (κ3) is 4.21. The van der Waals surface area contributed by atoms with Gasteiger partial charge in [0.05, 0.1) is 0 Å². The fourth-order valence-corrected chi connectivity index (χ4v) is 5.37. The maximum absolute atomic E-state index is 13.1. The smallest absolute Gasteiger partial charge is 0.326 e. The number of aryl methyl sites for hydroxylation is 1. The molecule has 1 saturated heterocycles. The fraction of sp³-hybridized carbons (Fsp3) is 0.538. The standard InChI is InChI=1S/C26H33N3O5/c1-5-25(3,4)17-10-12-26(13-11-17)23(32)29(24(33)28-26)14-21(31)34-15-20(30)22-16(2)27-19-9-7-6-8-18(19)22/h6-9,17,27H,5,10-15H2,1-4H3,(H,28,33). The van der Waals surface area contributed by atoms with Gasteiger partial charge in [-0.3, -0.25) is 19.3 Å². The number of hydrogen-bond acceptors (Lipinski definition) is 5. The van der Waals surface area contributed by atoms with E-state index in [0.29, 0.717) is 30.0 Å². The zero-order valence-corrected chi connectivity index (χ0v) is 20.3. The van der Waals surface area contributed by atoms with E-state index in [1.807, 2.05) is 24.3 Å². The molecule has 182 valence electrons. The molecule has 2 N–H and O–H groups in total. The predicted octanol–water partition coefficient (Wildman–Crippen LogP) is 4.12. The van der Waals surface area contributed by atoms with Crippen molar-refractivity contribution in [3.8, 4) is 0 Å². The van der Waals surface area contributed by atoms with Gasteiger partial charge >= 0.3 is 12.0 Å². The van der Waals surface area contributed by atoms with Crippen LogP contribution in [0.2, 0.25) is 0 Å². The number of ketones is 1. The molecule has 4 rings (SSSR count). The Morgan fingerprint density at radius 2 is 1.85 bits per heavy atom. The lowest BCUT2D eigenvalue weighted by molar-refractivity contribution is -0.147. The van der Waals surface area contributed by atoms with Crippen molar-refractivity contribution in [1.82, 2.24) is 15.2 Å². The Labute approximate surface area is 199 Å². The van der Waals surface area contributed by atoms with Gasteiger partial charge < -0.3 is 15.0 Å². The first-order valence-corrected chi connectivity index (χ1v) is 12.0. The first kappa shape index (κ1) is 24.0. The van der Waals surface area contributed by atoms with Gasteiger partial charge in [-0.15, -0.1) is 0 Å². The summed E-state index contributed by atoms with van der Waals surface area (Å²) < 4.78 is 5.17. The minimum absolute atomic E-state index is 0.187. The summed E-state index contributed by atoms with van der Waals surface area (Å²) in [6.45, 7) is 7.49. The topological polar surface area (TPSA) is 109 Å². The molecule has 0 bridgehead atoms. The highest BCUT2D eigenvalue weighted by molar-refractivity contribution is 6.11. The molecule has 2 aliphatic rings. The van der Waals surface area contributed by atoms with Gasteiger partial charge in [0, 0.05) is 22.2 Å². The average molecular weight is 468 g/mol. The molecule has 3 amide bonds. The molecule has 1 spiro atoms. The van der Waals surface area contributed by atoms with Gasteiger partial charge in [0.1, 0.15) is 12.1 Å². The average Bonchev–Trinajstić information content (AvgIpc) is 3.26. The maximum atomic E-state index is 13.1. The molecular formula is C26H33N3O5. The number of fused-ring (bicyclic) bond motifs is 1. The number of aromatic nitrogens is 1. The van der Waals surface area contributed by atoms with Crippen LogP contribution in [0.4, 0.5) is 4.79 Å². The van der Waals surface area contributed by atoms with Crippen LogP contribution in [0.5, 0.6) is 0 Å². The Balaban J connectivity index is 1.35. The number of amides is 3. The van der Waals surface area contributed by atoms with E-state index in [1.165, 1.54) is 0 Å². The second kappa shape index (κ2) is 8.89. The number of Topliss-reactive ketones (excluding diaryl/α,β-unsaturated/α-hetero) is 1. The first-order chi connectivity index (χ1) is 16.1. The van der Waals surface area contributed by atoms with Crippen LogP contribution in [-0.2, 0) is 14.3 Å². The van der Waals surface area contributed by atoms with E-state index >= 15 is 0 Å². The van der Waals surface area contributed by atoms with E-state index in [1.54, 1.807) is 6.92 Å². The summed E-state index contributed by atoms with van der Waals surface area (Å²) in [5, 5.41) is 3.60. The summed E-state index contributed by atoms with van der Waals surface area (Å²) >= 11 is 0. The second-order valence-corrected chi connectivity index (χ2v) is 10.3. The molecule has 8 heteroatoms. The van der Waals surface area contributed by atoms with E-state index in [-0.39, 0.29) is 17.1 Å². The number of nitrogens with one attached hydrogen (secondary N) is 2. The minimum Gasteiger partial charge on any atom is -0.456 e. The number of para-hydroxylation sites is 1. The number of esters is 1. The Bertz CT molecular complexity index is 1140. The highest BCUT2D eigenvalue weighted by Crippen LogP contribution is 2.45. The number of hydrogen-bond donors (Lipinski definition) is 2. The second-order valence-electron chi connectivity index (χ2n) is 10.3. The number of imide groups is 1. The molecule has 2 fully saturated rings. The lowest BCUT2D eigenvalue weighted by Crippen LogP contribution is -2.51. The molecule has 2 aromatic rings. The van der Waals surface area contributed by atoms with Gasteiger partial charge in [0.2, 0.25) is 5.78 Å². The zero-order chi connectivity index (χ0) is 24.7. The monoisotopic (exact) mass is 467 g/mol. The van der Waals surface area contributed by atoms with Crippen LogP contribution in [0.3, 0.4) is 0 Å². The van der Waals surface area contributed by atoms with Gasteiger partial charge in [0.15, 0.2) is 6.61 Å². The molecular weight excluding hydrogens is 434 g/mol. The quantitative estimate of drug-likeness (QED) is 0.362. The Kier molecular flexibility index (Phi) is 6.27. The molecule has 0 unspecified atom stereocenters. The molecule has 1 aliphatic carbocycles. The summed E-state index contributed by atoms with van der Waals surface area (Å²) in [5.74, 6) is -1.01. The molecule has 0 atom stereocenters. The van der Waals surface area contributed by atoms with Gasteiger partial charge in [-0.1, -0.05) is 45.4 Å². The van der Waals surface area contributed by atoms with Crippen LogP contribution in [-0.4, -0.2) is 52.3 Å². The summed E-state index contributed by atoms with van der Waals surface area (Å²) in [4.78, 5) is 54.9. The highest BCUT2D eigenvalue weighted by atomic mass is 16.5. The van der Waals surface area contributed by atoms with Gasteiger partial charge in [-0.2, -0.15) is 0 Å². The summed E-state index contributed by atoms with van der Waals surface area (Å²) in [6.07, 6.45) is 3.89. The maximum Gasteiger partial charge on any atom is 0.326 e. The Hall–Kier alpha value is -3.16. The van der Waals surface area contributed by atoms with E-state index in [0.717, 1.165) is 35.1 Å². The number of rotatable bonds is 7. The van der Waals surface area contributed by atoms with Crippen molar-refractivity contribution < 1.29 is 23.9 Å². The number of urea groups is 1. The number of carbonyl (C=O) groups excluding carboxylic acids is 4. The summed E-state index contributed by atoms with van der Waals surface area (Å²) in [7, 11) is 0. The Morgan fingerprint density at radius 1 is 1.18 bits per heavy atom. The van der Waals surface area contributed by atoms with Crippen molar-refractivity contribution >= 4 is 34.6 Å². The van der Waals surface area contributed by atoms with Crippen molar-refractivity contribution in [2.24, 2.45) is 11.3 Å². The van der Waals surface area contributed by atoms with E-state index in [9.17, 15) is 19.2 Å². The van der Waals surface area contributed by atoms with Gasteiger partial charge in [-0.25, -0.2) is 4.79 Å². The van der Waals surface area contributed by atoms with Crippen LogP contribution in [0.1, 0.15) is 68.9 Å². The molecule has 0 radical (unpaired) electrons. The van der Waals surface area contributed by atoms with Crippen molar-refractivity contribution in [2.45, 2.75) is 65.3 Å². The van der Waals surface area contributed by atoms with Crippen molar-refractivity contribution in [3.05, 3.63) is 35.5 Å². The number of benzene rings is 1. The number of aromatic amines is 1. The van der Waals surface area contributed by atoms with Crippen LogP contribution < -0.4 is 5.32 Å². The predicted molar refractivity (Wildman–Crippen MR) is 127 cm³/mol. The molecule has 1 aliphatic heterocycles. The minimum atomic E-state index is -0.936.